The average molecular weight is 304 g/mol. The van der Waals surface area contributed by atoms with Crippen LogP contribution in [0.15, 0.2) is 22.7 Å². The highest BCUT2D eigenvalue weighted by molar-refractivity contribution is 5.42. The van der Waals surface area contributed by atoms with Gasteiger partial charge in [0.1, 0.15) is 0 Å². The van der Waals surface area contributed by atoms with Gasteiger partial charge in [-0.25, -0.2) is 0 Å². The lowest BCUT2D eigenvalue weighted by Gasteiger charge is -2.08. The Morgan fingerprint density at radius 1 is 1.18 bits per heavy atom. The fraction of sp³-hybridized carbons (Fsp3) is 0.500. The van der Waals surface area contributed by atoms with Crippen molar-refractivity contribution in [3.05, 3.63) is 35.5 Å². The number of hydrogen-bond donors (Lipinski definition) is 0. The van der Waals surface area contributed by atoms with Crippen LogP contribution in [0.4, 0.5) is 0 Å². The summed E-state index contributed by atoms with van der Waals surface area (Å²) in [5, 5.41) is 4.06. The zero-order chi connectivity index (χ0) is 15.4. The van der Waals surface area contributed by atoms with Crippen molar-refractivity contribution >= 4 is 0 Å². The van der Waals surface area contributed by atoms with E-state index in [1.54, 1.807) is 14.2 Å². The average Bonchev–Trinajstić information content (AvgIpc) is 3.23. The lowest BCUT2D eigenvalue weighted by atomic mass is 10.1. The van der Waals surface area contributed by atoms with Gasteiger partial charge in [0.25, 0.3) is 0 Å². The number of aromatic nitrogens is 2. The van der Waals surface area contributed by atoms with Crippen LogP contribution in [0.25, 0.3) is 0 Å². The molecule has 2 aromatic rings. The van der Waals surface area contributed by atoms with Crippen LogP contribution in [0.1, 0.15) is 29.6 Å². The van der Waals surface area contributed by atoms with Crippen LogP contribution >= 0.6 is 0 Å². The van der Waals surface area contributed by atoms with E-state index in [-0.39, 0.29) is 5.92 Å². The zero-order valence-electron chi connectivity index (χ0n) is 12.9. The predicted octanol–water partition coefficient (Wildman–Crippen LogP) is 2.38. The molecule has 0 saturated carbocycles. The monoisotopic (exact) mass is 304 g/mol. The third kappa shape index (κ3) is 3.22. The van der Waals surface area contributed by atoms with Gasteiger partial charge in [0.05, 0.1) is 20.8 Å². The first kappa shape index (κ1) is 14.8. The molecule has 0 bridgehead atoms. The molecule has 1 fully saturated rings. The van der Waals surface area contributed by atoms with Crippen LogP contribution in [0.5, 0.6) is 11.5 Å². The summed E-state index contributed by atoms with van der Waals surface area (Å²) in [6.07, 6.45) is 2.48. The molecule has 1 saturated heterocycles. The molecule has 3 rings (SSSR count). The van der Waals surface area contributed by atoms with Crippen LogP contribution in [0.3, 0.4) is 0 Å². The third-order valence-electron chi connectivity index (χ3n) is 3.85. The van der Waals surface area contributed by atoms with Crippen LogP contribution in [-0.2, 0) is 17.6 Å². The van der Waals surface area contributed by atoms with Gasteiger partial charge in [-0.15, -0.1) is 0 Å². The molecule has 0 aliphatic carbocycles. The molecule has 0 spiro atoms. The maximum Gasteiger partial charge on any atom is 0.226 e. The van der Waals surface area contributed by atoms with Crippen molar-refractivity contribution in [2.24, 2.45) is 0 Å². The minimum Gasteiger partial charge on any atom is -0.493 e. The maximum absolute atomic E-state index is 5.35. The first-order valence-electron chi connectivity index (χ1n) is 7.41. The standard InChI is InChI=1S/C16H20N2O4/c1-19-13-5-3-11(9-14(13)20-2)4-6-15-17-16(18-22-15)12-7-8-21-10-12/h3,5,9,12H,4,6-8,10H2,1-2H3/t12-/m1/s1. The Labute approximate surface area is 129 Å². The molecule has 6 heteroatoms. The largest absolute Gasteiger partial charge is 0.493 e. The van der Waals surface area contributed by atoms with Gasteiger partial charge in [-0.2, -0.15) is 4.98 Å². The van der Waals surface area contributed by atoms with Gasteiger partial charge in [-0.3, -0.25) is 0 Å². The van der Waals surface area contributed by atoms with Crippen molar-refractivity contribution in [1.82, 2.24) is 10.1 Å². The van der Waals surface area contributed by atoms with Crippen molar-refractivity contribution in [3.8, 4) is 11.5 Å². The summed E-state index contributed by atoms with van der Waals surface area (Å²) in [7, 11) is 3.26. The van der Waals surface area contributed by atoms with Gasteiger partial charge in [0.15, 0.2) is 17.3 Å². The number of hydrogen-bond acceptors (Lipinski definition) is 6. The summed E-state index contributed by atoms with van der Waals surface area (Å²) >= 11 is 0. The molecule has 0 N–H and O–H groups in total. The molecule has 1 aliphatic heterocycles. The SMILES string of the molecule is COc1ccc(CCc2nc([C@@H]3CCOC3)no2)cc1OC. The number of benzene rings is 1. The molecule has 2 heterocycles. The van der Waals surface area contributed by atoms with Crippen LogP contribution in [0, 0.1) is 0 Å². The highest BCUT2D eigenvalue weighted by Crippen LogP contribution is 2.28. The van der Waals surface area contributed by atoms with E-state index < -0.39 is 0 Å². The molecule has 6 nitrogen and oxygen atoms in total. The highest BCUT2D eigenvalue weighted by Gasteiger charge is 2.23. The fourth-order valence-corrected chi connectivity index (χ4v) is 2.56. The van der Waals surface area contributed by atoms with E-state index in [0.717, 1.165) is 42.3 Å². The van der Waals surface area contributed by atoms with Gasteiger partial charge < -0.3 is 18.7 Å². The molecule has 1 aliphatic rings. The summed E-state index contributed by atoms with van der Waals surface area (Å²) in [6.45, 7) is 1.47. The molecular formula is C16H20N2O4. The second-order valence-corrected chi connectivity index (χ2v) is 5.30. The number of aryl methyl sites for hydroxylation is 2. The molecule has 1 aromatic carbocycles. The van der Waals surface area contributed by atoms with Crippen LogP contribution in [-0.4, -0.2) is 37.6 Å². The molecule has 0 unspecified atom stereocenters. The van der Waals surface area contributed by atoms with Crippen molar-refractivity contribution in [3.63, 3.8) is 0 Å². The molecule has 1 aromatic heterocycles. The van der Waals surface area contributed by atoms with E-state index in [4.69, 9.17) is 18.7 Å². The summed E-state index contributed by atoms with van der Waals surface area (Å²) < 4.78 is 21.2. The van der Waals surface area contributed by atoms with E-state index in [2.05, 4.69) is 10.1 Å². The molecule has 118 valence electrons. The maximum atomic E-state index is 5.35. The Morgan fingerprint density at radius 3 is 2.77 bits per heavy atom. The van der Waals surface area contributed by atoms with E-state index >= 15 is 0 Å². The van der Waals surface area contributed by atoms with E-state index in [1.165, 1.54) is 0 Å². The van der Waals surface area contributed by atoms with Gasteiger partial charge in [0, 0.05) is 18.9 Å². The molecule has 0 amide bonds. The van der Waals surface area contributed by atoms with Crippen molar-refractivity contribution in [2.75, 3.05) is 27.4 Å². The van der Waals surface area contributed by atoms with Crippen LogP contribution < -0.4 is 9.47 Å². The lowest BCUT2D eigenvalue weighted by Crippen LogP contribution is -2.00. The van der Waals surface area contributed by atoms with E-state index in [1.807, 2.05) is 18.2 Å². The molecule has 0 radical (unpaired) electrons. The van der Waals surface area contributed by atoms with Gasteiger partial charge in [-0.1, -0.05) is 11.2 Å². The fourth-order valence-electron chi connectivity index (χ4n) is 2.56. The molecule has 22 heavy (non-hydrogen) atoms. The van der Waals surface area contributed by atoms with Gasteiger partial charge in [-0.05, 0) is 30.5 Å². The highest BCUT2D eigenvalue weighted by atomic mass is 16.5. The molecular weight excluding hydrogens is 284 g/mol. The second-order valence-electron chi connectivity index (χ2n) is 5.30. The lowest BCUT2D eigenvalue weighted by molar-refractivity contribution is 0.192. The summed E-state index contributed by atoms with van der Waals surface area (Å²) in [4.78, 5) is 4.47. The zero-order valence-corrected chi connectivity index (χ0v) is 12.9. The van der Waals surface area contributed by atoms with Crippen molar-refractivity contribution in [2.45, 2.75) is 25.2 Å². The number of ether oxygens (including phenoxy) is 3. The normalized spacial score (nSPS) is 17.6. The first-order chi connectivity index (χ1) is 10.8. The minimum absolute atomic E-state index is 0.276. The van der Waals surface area contributed by atoms with Gasteiger partial charge in [0.2, 0.25) is 5.89 Å². The third-order valence-corrected chi connectivity index (χ3v) is 3.85. The Morgan fingerprint density at radius 2 is 2.05 bits per heavy atom. The Kier molecular flexibility index (Phi) is 4.58. The number of rotatable bonds is 6. The smallest absolute Gasteiger partial charge is 0.226 e. The first-order valence-corrected chi connectivity index (χ1v) is 7.41. The Hall–Kier alpha value is -2.08. The number of methoxy groups -OCH3 is 2. The predicted molar refractivity (Wildman–Crippen MR) is 79.4 cm³/mol. The van der Waals surface area contributed by atoms with Crippen molar-refractivity contribution in [1.29, 1.82) is 0 Å². The quantitative estimate of drug-likeness (QED) is 0.816. The van der Waals surface area contributed by atoms with E-state index in [9.17, 15) is 0 Å². The molecule has 1 atom stereocenters. The van der Waals surface area contributed by atoms with Gasteiger partial charge >= 0.3 is 0 Å². The number of nitrogens with zero attached hydrogens (tertiary/aromatic N) is 2. The summed E-state index contributed by atoms with van der Waals surface area (Å²) in [5.41, 5.74) is 1.14. The second kappa shape index (κ2) is 6.79. The summed E-state index contributed by atoms with van der Waals surface area (Å²) in [6, 6.07) is 5.90. The summed E-state index contributed by atoms with van der Waals surface area (Å²) in [5.74, 6) is 3.16. The Balaban J connectivity index is 1.62. The minimum atomic E-state index is 0.276. The van der Waals surface area contributed by atoms with Crippen molar-refractivity contribution < 1.29 is 18.7 Å². The Bertz CT molecular complexity index is 620. The van der Waals surface area contributed by atoms with E-state index in [0.29, 0.717) is 18.9 Å². The van der Waals surface area contributed by atoms with Crippen LogP contribution in [0.2, 0.25) is 0 Å². The topological polar surface area (TPSA) is 66.6 Å².